The predicted molar refractivity (Wildman–Crippen MR) is 103 cm³/mol. The number of rotatable bonds is 6. The van der Waals surface area contributed by atoms with Crippen molar-refractivity contribution in [2.75, 3.05) is 27.7 Å². The molecule has 0 bridgehead atoms. The number of carbonyl (C=O) groups excluding carboxylic acids is 1. The van der Waals surface area contributed by atoms with E-state index in [1.54, 1.807) is 0 Å². The molecule has 7 heteroatoms. The molecule has 1 N–H and O–H groups in total. The summed E-state index contributed by atoms with van der Waals surface area (Å²) < 4.78 is 5.09. The van der Waals surface area contributed by atoms with Gasteiger partial charge in [0.2, 0.25) is 0 Å². The molecule has 1 amide bonds. The Bertz CT molecular complexity index is 743. The first-order valence-electron chi connectivity index (χ1n) is 7.57. The number of methoxy groups -OCH3 is 1. The summed E-state index contributed by atoms with van der Waals surface area (Å²) in [4.78, 5) is 14.5. The molecule has 134 valence electrons. The molecule has 0 radical (unpaired) electrons. The number of nitrogens with one attached hydrogen (secondary N) is 1. The highest BCUT2D eigenvalue weighted by molar-refractivity contribution is 6.37. The van der Waals surface area contributed by atoms with Crippen LogP contribution in [0.1, 0.15) is 22.0 Å². The van der Waals surface area contributed by atoms with Gasteiger partial charge in [0.15, 0.2) is 5.75 Å². The van der Waals surface area contributed by atoms with Crippen LogP contribution < -0.4 is 10.1 Å². The van der Waals surface area contributed by atoms with Gasteiger partial charge in [0.05, 0.1) is 23.2 Å². The number of carbonyl (C=O) groups is 1. The summed E-state index contributed by atoms with van der Waals surface area (Å²) in [6.45, 7) is 0.386. The molecule has 1 unspecified atom stereocenters. The summed E-state index contributed by atoms with van der Waals surface area (Å²) in [7, 11) is 5.33. The van der Waals surface area contributed by atoms with Gasteiger partial charge in [-0.05, 0) is 37.9 Å². The van der Waals surface area contributed by atoms with E-state index in [-0.39, 0.29) is 22.0 Å². The lowest BCUT2D eigenvalue weighted by Gasteiger charge is -2.26. The molecular weight excluding hydrogens is 383 g/mol. The van der Waals surface area contributed by atoms with Gasteiger partial charge < -0.3 is 15.0 Å². The Morgan fingerprint density at radius 2 is 1.72 bits per heavy atom. The van der Waals surface area contributed by atoms with Gasteiger partial charge in [-0.1, -0.05) is 53.0 Å². The Labute approximate surface area is 162 Å². The molecule has 0 aliphatic heterocycles. The lowest BCUT2D eigenvalue weighted by atomic mass is 10.1. The van der Waals surface area contributed by atoms with Crippen molar-refractivity contribution in [1.29, 1.82) is 0 Å². The second-order valence-corrected chi connectivity index (χ2v) is 6.91. The molecule has 2 aromatic rings. The zero-order chi connectivity index (χ0) is 18.6. The second-order valence-electron chi connectivity index (χ2n) is 5.68. The third-order valence-corrected chi connectivity index (χ3v) is 4.71. The van der Waals surface area contributed by atoms with Crippen molar-refractivity contribution in [3.05, 3.63) is 62.6 Å². The van der Waals surface area contributed by atoms with Gasteiger partial charge in [0.1, 0.15) is 0 Å². The summed E-state index contributed by atoms with van der Waals surface area (Å²) in [5, 5.41) is 4.13. The number of hydrogen-bond donors (Lipinski definition) is 1. The number of ether oxygens (including phenoxy) is 1. The summed E-state index contributed by atoms with van der Waals surface area (Å²) in [5.41, 5.74) is 1.31. The van der Waals surface area contributed by atoms with E-state index in [0.717, 1.165) is 5.56 Å². The number of benzene rings is 2. The minimum atomic E-state index is -0.273. The van der Waals surface area contributed by atoms with E-state index in [9.17, 15) is 4.79 Å². The molecule has 4 nitrogen and oxygen atoms in total. The summed E-state index contributed by atoms with van der Waals surface area (Å²) >= 11 is 18.5. The quantitative estimate of drug-likeness (QED) is 0.763. The highest BCUT2D eigenvalue weighted by Crippen LogP contribution is 2.34. The van der Waals surface area contributed by atoms with Gasteiger partial charge in [-0.3, -0.25) is 4.79 Å². The van der Waals surface area contributed by atoms with Gasteiger partial charge in [0.25, 0.3) is 5.91 Å². The molecule has 0 saturated carbocycles. The van der Waals surface area contributed by atoms with Crippen molar-refractivity contribution < 1.29 is 9.53 Å². The zero-order valence-corrected chi connectivity index (χ0v) is 16.4. The fraction of sp³-hybridized carbons (Fsp3) is 0.278. The Morgan fingerprint density at radius 3 is 2.24 bits per heavy atom. The Morgan fingerprint density at radius 1 is 1.12 bits per heavy atom. The molecule has 2 rings (SSSR count). The summed E-state index contributed by atoms with van der Waals surface area (Å²) in [6, 6.07) is 10.6. The fourth-order valence-electron chi connectivity index (χ4n) is 2.49. The van der Waals surface area contributed by atoms with Crippen molar-refractivity contribution in [1.82, 2.24) is 10.2 Å². The van der Waals surface area contributed by atoms with Crippen LogP contribution in [0.25, 0.3) is 0 Å². The minimum absolute atomic E-state index is 0.0677. The summed E-state index contributed by atoms with van der Waals surface area (Å²) in [5.74, 6) is 0.0764. The maximum absolute atomic E-state index is 12.5. The van der Waals surface area contributed by atoms with E-state index < -0.39 is 0 Å². The standard InChI is InChI=1S/C18H19Cl3N2O2/c1-23(2)16(12-6-4-5-7-13(12)19)10-22-18(24)11-8-14(20)17(25-3)15(21)9-11/h4-9,16H,10H2,1-3H3,(H,22,24). The van der Waals surface area contributed by atoms with Crippen molar-refractivity contribution in [3.63, 3.8) is 0 Å². The van der Waals surface area contributed by atoms with Crippen LogP contribution >= 0.6 is 34.8 Å². The minimum Gasteiger partial charge on any atom is -0.494 e. The van der Waals surface area contributed by atoms with Crippen molar-refractivity contribution in [2.24, 2.45) is 0 Å². The largest absolute Gasteiger partial charge is 0.494 e. The number of halogens is 3. The lowest BCUT2D eigenvalue weighted by molar-refractivity contribution is 0.0942. The van der Waals surface area contributed by atoms with E-state index in [1.807, 2.05) is 43.3 Å². The SMILES string of the molecule is COc1c(Cl)cc(C(=O)NCC(c2ccccc2Cl)N(C)C)cc1Cl. The van der Waals surface area contributed by atoms with Gasteiger partial charge in [-0.15, -0.1) is 0 Å². The molecule has 25 heavy (non-hydrogen) atoms. The Kier molecular flexibility index (Phi) is 6.96. The third-order valence-electron chi connectivity index (χ3n) is 3.81. The monoisotopic (exact) mass is 400 g/mol. The molecule has 0 aromatic heterocycles. The van der Waals surface area contributed by atoms with Crippen molar-refractivity contribution in [3.8, 4) is 5.75 Å². The molecular formula is C18H19Cl3N2O2. The van der Waals surface area contributed by atoms with Crippen LogP contribution in [0.3, 0.4) is 0 Å². The molecule has 2 aromatic carbocycles. The smallest absolute Gasteiger partial charge is 0.251 e. The third kappa shape index (κ3) is 4.79. The van der Waals surface area contributed by atoms with E-state index >= 15 is 0 Å². The maximum Gasteiger partial charge on any atom is 0.251 e. The maximum atomic E-state index is 12.5. The van der Waals surface area contributed by atoms with Gasteiger partial charge in [-0.25, -0.2) is 0 Å². The molecule has 0 aliphatic rings. The van der Waals surface area contributed by atoms with Crippen LogP contribution in [0, 0.1) is 0 Å². The highest BCUT2D eigenvalue weighted by atomic mass is 35.5. The van der Waals surface area contributed by atoms with Crippen LogP contribution in [0.15, 0.2) is 36.4 Å². The lowest BCUT2D eigenvalue weighted by Crippen LogP contribution is -2.34. The topological polar surface area (TPSA) is 41.6 Å². The van der Waals surface area contributed by atoms with E-state index in [2.05, 4.69) is 5.32 Å². The summed E-state index contributed by atoms with van der Waals surface area (Å²) in [6.07, 6.45) is 0. The fourth-order valence-corrected chi connectivity index (χ4v) is 3.40. The van der Waals surface area contributed by atoms with Crippen molar-refractivity contribution >= 4 is 40.7 Å². The van der Waals surface area contributed by atoms with Crippen LogP contribution in [-0.4, -0.2) is 38.6 Å². The molecule has 0 fully saturated rings. The first-order chi connectivity index (χ1) is 11.8. The normalized spacial score (nSPS) is 12.1. The molecule has 0 saturated heterocycles. The van der Waals surface area contributed by atoms with Crippen molar-refractivity contribution in [2.45, 2.75) is 6.04 Å². The van der Waals surface area contributed by atoms with E-state index in [1.165, 1.54) is 19.2 Å². The predicted octanol–water partition coefficient (Wildman–Crippen LogP) is 4.69. The molecule has 0 heterocycles. The first kappa shape index (κ1) is 19.9. The number of amides is 1. The van der Waals surface area contributed by atoms with Crippen LogP contribution in [-0.2, 0) is 0 Å². The molecule has 0 spiro atoms. The number of hydrogen-bond acceptors (Lipinski definition) is 3. The van der Waals surface area contributed by atoms with Gasteiger partial charge in [-0.2, -0.15) is 0 Å². The first-order valence-corrected chi connectivity index (χ1v) is 8.70. The Balaban J connectivity index is 2.16. The number of likely N-dealkylation sites (N-methyl/N-ethyl adjacent to an activating group) is 1. The highest BCUT2D eigenvalue weighted by Gasteiger charge is 2.19. The number of nitrogens with zero attached hydrogens (tertiary/aromatic N) is 1. The van der Waals surface area contributed by atoms with Gasteiger partial charge in [0, 0.05) is 17.1 Å². The second kappa shape index (κ2) is 8.77. The average molecular weight is 402 g/mol. The van der Waals surface area contributed by atoms with Gasteiger partial charge >= 0.3 is 0 Å². The molecule has 0 aliphatic carbocycles. The van der Waals surface area contributed by atoms with Crippen LogP contribution in [0.5, 0.6) is 5.75 Å². The van der Waals surface area contributed by atoms with E-state index in [0.29, 0.717) is 22.9 Å². The zero-order valence-electron chi connectivity index (χ0n) is 14.1. The van der Waals surface area contributed by atoms with Crippen LogP contribution in [0.2, 0.25) is 15.1 Å². The Hall–Kier alpha value is -1.46. The van der Waals surface area contributed by atoms with E-state index in [4.69, 9.17) is 39.5 Å². The molecule has 1 atom stereocenters. The van der Waals surface area contributed by atoms with Crippen LogP contribution in [0.4, 0.5) is 0 Å². The average Bonchev–Trinajstić information content (AvgIpc) is 2.55.